The molecule has 1 aromatic heterocycles. The van der Waals surface area contributed by atoms with Crippen LogP contribution in [0.2, 0.25) is 5.28 Å². The summed E-state index contributed by atoms with van der Waals surface area (Å²) in [6.45, 7) is 2.03. The van der Waals surface area contributed by atoms with Gasteiger partial charge in [0.05, 0.1) is 5.69 Å². The van der Waals surface area contributed by atoms with E-state index in [-0.39, 0.29) is 0 Å². The van der Waals surface area contributed by atoms with Crippen LogP contribution in [0.3, 0.4) is 0 Å². The quantitative estimate of drug-likeness (QED) is 0.811. The van der Waals surface area contributed by atoms with E-state index in [2.05, 4.69) is 64.2 Å². The first-order valence-electron chi connectivity index (χ1n) is 8.16. The maximum Gasteiger partial charge on any atom is 0.224 e. The lowest BCUT2D eigenvalue weighted by atomic mass is 9.97. The molecule has 1 aliphatic heterocycles. The largest absolute Gasteiger partial charge is 0.353 e. The van der Waals surface area contributed by atoms with E-state index in [0.717, 1.165) is 37.4 Å². The van der Waals surface area contributed by atoms with Crippen molar-refractivity contribution < 1.29 is 0 Å². The smallest absolute Gasteiger partial charge is 0.224 e. The van der Waals surface area contributed by atoms with Crippen molar-refractivity contribution in [3.8, 4) is 0 Å². The number of fused-ring (bicyclic) bond motifs is 1. The summed E-state index contributed by atoms with van der Waals surface area (Å²) in [5, 5.41) is 0.370. The summed E-state index contributed by atoms with van der Waals surface area (Å²) in [5.41, 5.74) is 3.74. The molecule has 1 fully saturated rings. The second-order valence-electron chi connectivity index (χ2n) is 6.70. The fourth-order valence-corrected chi connectivity index (χ4v) is 3.81. The molecular formula is C18H21ClN4. The zero-order valence-electron chi connectivity index (χ0n) is 13.5. The van der Waals surface area contributed by atoms with Crippen molar-refractivity contribution in [2.24, 2.45) is 0 Å². The topological polar surface area (TPSA) is 32.3 Å². The van der Waals surface area contributed by atoms with Crippen molar-refractivity contribution in [1.29, 1.82) is 0 Å². The molecule has 0 bridgehead atoms. The molecule has 120 valence electrons. The molecule has 0 saturated carbocycles. The summed E-state index contributed by atoms with van der Waals surface area (Å²) < 4.78 is 0. The van der Waals surface area contributed by atoms with Crippen molar-refractivity contribution in [3.63, 3.8) is 0 Å². The molecule has 0 radical (unpaired) electrons. The van der Waals surface area contributed by atoms with E-state index >= 15 is 0 Å². The number of likely N-dealkylation sites (N-methyl/N-ethyl adjacent to an activating group) is 1. The van der Waals surface area contributed by atoms with Gasteiger partial charge in [-0.2, -0.15) is 0 Å². The van der Waals surface area contributed by atoms with Crippen molar-refractivity contribution in [1.82, 2.24) is 14.9 Å². The van der Waals surface area contributed by atoms with Gasteiger partial charge in [0.1, 0.15) is 5.82 Å². The van der Waals surface area contributed by atoms with Gasteiger partial charge in [-0.25, -0.2) is 9.97 Å². The molecule has 23 heavy (non-hydrogen) atoms. The lowest BCUT2D eigenvalue weighted by molar-refractivity contribution is 0.246. The standard InChI is InChI=1S/C18H21ClN4/c1-22(2)13-10-23(11-13)17-15-9-8-14(12-6-4-3-5-7-12)16(15)20-18(19)21-17/h3-7,13-14H,8-11H2,1-2H3. The van der Waals surface area contributed by atoms with Gasteiger partial charge in [0.2, 0.25) is 5.28 Å². The van der Waals surface area contributed by atoms with Crippen LogP contribution in [0.25, 0.3) is 0 Å². The Kier molecular flexibility index (Phi) is 3.74. The molecule has 2 aromatic rings. The molecule has 1 atom stereocenters. The molecule has 4 rings (SSSR count). The third-order valence-corrected chi connectivity index (χ3v) is 5.27. The van der Waals surface area contributed by atoms with Crippen LogP contribution in [0.4, 0.5) is 5.82 Å². The molecule has 1 unspecified atom stereocenters. The van der Waals surface area contributed by atoms with E-state index in [1.807, 2.05) is 0 Å². The van der Waals surface area contributed by atoms with Crippen molar-refractivity contribution in [2.75, 3.05) is 32.1 Å². The third-order valence-electron chi connectivity index (χ3n) is 5.10. The predicted octanol–water partition coefficient (Wildman–Crippen LogP) is 2.96. The number of rotatable bonds is 3. The Morgan fingerprint density at radius 1 is 1.13 bits per heavy atom. The normalized spacial score (nSPS) is 20.7. The molecule has 1 saturated heterocycles. The summed E-state index contributed by atoms with van der Waals surface area (Å²) >= 11 is 6.25. The number of anilines is 1. The van der Waals surface area contributed by atoms with Gasteiger partial charge in [-0.3, -0.25) is 0 Å². The number of benzene rings is 1. The molecule has 0 N–H and O–H groups in total. The Hall–Kier alpha value is -1.65. The average molecular weight is 329 g/mol. The van der Waals surface area contributed by atoms with E-state index in [0.29, 0.717) is 17.2 Å². The zero-order chi connectivity index (χ0) is 16.0. The van der Waals surface area contributed by atoms with E-state index in [1.54, 1.807) is 0 Å². The Bertz CT molecular complexity index is 710. The highest BCUT2D eigenvalue weighted by molar-refractivity contribution is 6.28. The van der Waals surface area contributed by atoms with Crippen molar-refractivity contribution in [2.45, 2.75) is 24.8 Å². The fourth-order valence-electron chi connectivity index (χ4n) is 3.64. The van der Waals surface area contributed by atoms with Crippen LogP contribution in [-0.2, 0) is 6.42 Å². The molecule has 1 aliphatic carbocycles. The van der Waals surface area contributed by atoms with Gasteiger partial charge >= 0.3 is 0 Å². The van der Waals surface area contributed by atoms with Gasteiger partial charge in [-0.1, -0.05) is 30.3 Å². The minimum absolute atomic E-state index is 0.344. The molecule has 5 heteroatoms. The summed E-state index contributed by atoms with van der Waals surface area (Å²) in [4.78, 5) is 13.7. The maximum atomic E-state index is 6.25. The zero-order valence-corrected chi connectivity index (χ0v) is 14.3. The molecule has 4 nitrogen and oxygen atoms in total. The van der Waals surface area contributed by atoms with Gasteiger partial charge in [0.25, 0.3) is 0 Å². The highest BCUT2D eigenvalue weighted by Gasteiger charge is 2.35. The second-order valence-corrected chi connectivity index (χ2v) is 7.04. The Labute approximate surface area is 142 Å². The van der Waals surface area contributed by atoms with Crippen LogP contribution in [0.5, 0.6) is 0 Å². The number of nitrogens with zero attached hydrogens (tertiary/aromatic N) is 4. The maximum absolute atomic E-state index is 6.25. The Morgan fingerprint density at radius 3 is 2.57 bits per heavy atom. The van der Waals surface area contributed by atoms with Gasteiger partial charge in [0.15, 0.2) is 0 Å². The lowest BCUT2D eigenvalue weighted by Gasteiger charge is -2.44. The number of halogens is 1. The molecule has 0 amide bonds. The van der Waals surface area contributed by atoms with E-state index in [9.17, 15) is 0 Å². The minimum Gasteiger partial charge on any atom is -0.353 e. The summed E-state index contributed by atoms with van der Waals surface area (Å²) in [6.07, 6.45) is 2.12. The minimum atomic E-state index is 0.344. The first-order valence-corrected chi connectivity index (χ1v) is 8.54. The van der Waals surface area contributed by atoms with Gasteiger partial charge in [0, 0.05) is 30.6 Å². The number of aromatic nitrogens is 2. The predicted molar refractivity (Wildman–Crippen MR) is 93.3 cm³/mol. The van der Waals surface area contributed by atoms with E-state index in [1.165, 1.54) is 11.1 Å². The third kappa shape index (κ3) is 2.60. The van der Waals surface area contributed by atoms with E-state index in [4.69, 9.17) is 11.6 Å². The number of hydrogen-bond donors (Lipinski definition) is 0. The van der Waals surface area contributed by atoms with Crippen molar-refractivity contribution in [3.05, 3.63) is 52.4 Å². The van der Waals surface area contributed by atoms with Gasteiger partial charge in [-0.05, 0) is 44.1 Å². The fraction of sp³-hybridized carbons (Fsp3) is 0.444. The first kappa shape index (κ1) is 14.9. The Balaban J connectivity index is 1.67. The summed E-state index contributed by atoms with van der Waals surface area (Å²) in [7, 11) is 4.26. The van der Waals surface area contributed by atoms with Gasteiger partial charge in [-0.15, -0.1) is 0 Å². The molecule has 1 aromatic carbocycles. The summed E-state index contributed by atoms with van der Waals surface area (Å²) in [5.74, 6) is 1.40. The van der Waals surface area contributed by atoms with Crippen LogP contribution >= 0.6 is 11.6 Å². The van der Waals surface area contributed by atoms with Crippen LogP contribution in [-0.4, -0.2) is 48.1 Å². The molecule has 2 heterocycles. The van der Waals surface area contributed by atoms with Crippen LogP contribution < -0.4 is 4.90 Å². The van der Waals surface area contributed by atoms with Crippen molar-refractivity contribution >= 4 is 17.4 Å². The number of hydrogen-bond acceptors (Lipinski definition) is 4. The highest BCUT2D eigenvalue weighted by atomic mass is 35.5. The first-order chi connectivity index (χ1) is 11.1. The Morgan fingerprint density at radius 2 is 1.87 bits per heavy atom. The lowest BCUT2D eigenvalue weighted by Crippen LogP contribution is -2.58. The molecular weight excluding hydrogens is 308 g/mol. The summed E-state index contributed by atoms with van der Waals surface area (Å²) in [6, 6.07) is 11.2. The van der Waals surface area contributed by atoms with E-state index < -0.39 is 0 Å². The highest BCUT2D eigenvalue weighted by Crippen LogP contribution is 2.41. The second kappa shape index (κ2) is 5.77. The molecule has 0 spiro atoms. The van der Waals surface area contributed by atoms with Crippen LogP contribution in [0.1, 0.15) is 29.2 Å². The monoisotopic (exact) mass is 328 g/mol. The SMILES string of the molecule is CN(C)C1CN(c2nc(Cl)nc3c2CCC3c2ccccc2)C1. The average Bonchev–Trinajstić information content (AvgIpc) is 2.89. The van der Waals surface area contributed by atoms with Gasteiger partial charge < -0.3 is 9.80 Å². The van der Waals surface area contributed by atoms with Crippen LogP contribution in [0.15, 0.2) is 30.3 Å². The molecule has 2 aliphatic rings. The van der Waals surface area contributed by atoms with Crippen LogP contribution in [0, 0.1) is 0 Å².